The van der Waals surface area contributed by atoms with E-state index in [0.717, 1.165) is 18.4 Å². The smallest absolute Gasteiger partial charge is 0.453 e. The summed E-state index contributed by atoms with van der Waals surface area (Å²) in [4.78, 5) is 0. The van der Waals surface area contributed by atoms with Gasteiger partial charge in [0.2, 0.25) is 0 Å². The van der Waals surface area contributed by atoms with E-state index in [2.05, 4.69) is 20.8 Å². The number of piperidine rings is 1. The van der Waals surface area contributed by atoms with Gasteiger partial charge in [-0.1, -0.05) is 12.1 Å². The van der Waals surface area contributed by atoms with E-state index in [-0.39, 0.29) is 17.5 Å². The maximum Gasteiger partial charge on any atom is 0.453 e. The minimum Gasteiger partial charge on any atom is -0.494 e. The molecule has 2 heterocycles. The lowest BCUT2D eigenvalue weighted by molar-refractivity contribution is -0.146. The Morgan fingerprint density at radius 1 is 1.21 bits per heavy atom. The predicted molar refractivity (Wildman–Crippen MR) is 112 cm³/mol. The van der Waals surface area contributed by atoms with Crippen LogP contribution in [-0.4, -0.2) is 39.4 Å². The van der Waals surface area contributed by atoms with Crippen LogP contribution in [0.4, 0.5) is 17.6 Å². The third-order valence-corrected chi connectivity index (χ3v) is 5.91. The van der Waals surface area contributed by atoms with Crippen molar-refractivity contribution in [1.82, 2.24) is 25.5 Å². The quantitative estimate of drug-likeness (QED) is 0.544. The fraction of sp³-hybridized carbons (Fsp3) is 0.409. The van der Waals surface area contributed by atoms with Crippen LogP contribution in [0.3, 0.4) is 0 Å². The highest BCUT2D eigenvalue weighted by atomic mass is 19.4. The molecular formula is C22H24F4N6O. The third kappa shape index (κ3) is 4.55. The number of nitrogens with one attached hydrogen (secondary N) is 1. The summed E-state index contributed by atoms with van der Waals surface area (Å²) in [5.41, 5.74) is 7.39. The minimum atomic E-state index is -4.72. The van der Waals surface area contributed by atoms with Crippen molar-refractivity contribution in [2.24, 2.45) is 5.73 Å². The molecule has 1 fully saturated rings. The van der Waals surface area contributed by atoms with Crippen LogP contribution in [0.1, 0.15) is 36.7 Å². The maximum atomic E-state index is 13.6. The van der Waals surface area contributed by atoms with Crippen LogP contribution in [0.25, 0.3) is 5.69 Å². The van der Waals surface area contributed by atoms with Crippen molar-refractivity contribution in [3.05, 3.63) is 65.2 Å². The van der Waals surface area contributed by atoms with E-state index in [1.807, 2.05) is 6.92 Å². The predicted octanol–water partition coefficient (Wildman–Crippen LogP) is 3.37. The molecule has 0 spiro atoms. The maximum absolute atomic E-state index is 13.6. The Hall–Kier alpha value is -3.05. The molecule has 2 atom stereocenters. The van der Waals surface area contributed by atoms with Gasteiger partial charge in [0.1, 0.15) is 11.6 Å². The molecule has 11 heteroatoms. The van der Waals surface area contributed by atoms with Crippen LogP contribution >= 0.6 is 0 Å². The standard InChI is InChI=1S/C22H24F4N6O/c1-2-33-18-10-9-17(32-20(22(24,25)26)29-30-31-32)12-14(18)13-21(19(27)4-3-11-28-21)15-5-7-16(23)8-6-15/h5-10,12,19,28H,2-4,11,13,27H2,1H3/t19-,21-/m0/s1. The first-order valence-corrected chi connectivity index (χ1v) is 10.6. The van der Waals surface area contributed by atoms with E-state index in [4.69, 9.17) is 10.5 Å². The zero-order valence-electron chi connectivity index (χ0n) is 17.9. The summed E-state index contributed by atoms with van der Waals surface area (Å²) in [6, 6.07) is 10.4. The van der Waals surface area contributed by atoms with Gasteiger partial charge in [-0.25, -0.2) is 4.39 Å². The van der Waals surface area contributed by atoms with Crippen molar-refractivity contribution in [2.75, 3.05) is 13.2 Å². The van der Waals surface area contributed by atoms with E-state index in [9.17, 15) is 17.6 Å². The molecule has 7 nitrogen and oxygen atoms in total. The molecule has 0 amide bonds. The lowest BCUT2D eigenvalue weighted by atomic mass is 9.74. The highest BCUT2D eigenvalue weighted by Gasteiger charge is 2.42. The topological polar surface area (TPSA) is 90.9 Å². The third-order valence-electron chi connectivity index (χ3n) is 5.91. The Morgan fingerprint density at radius 2 is 1.97 bits per heavy atom. The SMILES string of the molecule is CCOc1ccc(-n2nnnc2C(F)(F)F)cc1C[C@@]1(c2ccc(F)cc2)NCCC[C@@H]1N. The van der Waals surface area contributed by atoms with Crippen molar-refractivity contribution < 1.29 is 22.3 Å². The molecule has 0 saturated carbocycles. The highest BCUT2D eigenvalue weighted by molar-refractivity contribution is 5.46. The molecule has 3 N–H and O–H groups in total. The van der Waals surface area contributed by atoms with Crippen LogP contribution in [0.2, 0.25) is 0 Å². The van der Waals surface area contributed by atoms with Gasteiger partial charge in [-0.05, 0) is 84.6 Å². The molecule has 1 aliphatic heterocycles. The molecule has 176 valence electrons. The summed E-state index contributed by atoms with van der Waals surface area (Å²) in [7, 11) is 0. The number of aromatic nitrogens is 4. The van der Waals surface area contributed by atoms with Gasteiger partial charge >= 0.3 is 6.18 Å². The molecule has 0 aliphatic carbocycles. The van der Waals surface area contributed by atoms with Gasteiger partial charge in [-0.2, -0.15) is 17.9 Å². The van der Waals surface area contributed by atoms with Gasteiger partial charge in [-0.15, -0.1) is 5.10 Å². The lowest BCUT2D eigenvalue weighted by Gasteiger charge is -2.44. The summed E-state index contributed by atoms with van der Waals surface area (Å²) in [6.45, 7) is 2.88. The number of hydrogen-bond donors (Lipinski definition) is 2. The normalized spacial score (nSPS) is 21.2. The summed E-state index contributed by atoms with van der Waals surface area (Å²) < 4.78 is 60.1. The van der Waals surface area contributed by atoms with Crippen molar-refractivity contribution >= 4 is 0 Å². The number of nitrogens with zero attached hydrogens (tertiary/aromatic N) is 4. The van der Waals surface area contributed by atoms with Gasteiger partial charge in [-0.3, -0.25) is 0 Å². The van der Waals surface area contributed by atoms with Crippen molar-refractivity contribution in [3.63, 3.8) is 0 Å². The van der Waals surface area contributed by atoms with Crippen LogP contribution in [0.15, 0.2) is 42.5 Å². The molecule has 4 rings (SSSR count). The Bertz CT molecular complexity index is 1100. The largest absolute Gasteiger partial charge is 0.494 e. The Labute approximate surface area is 187 Å². The second-order valence-corrected chi connectivity index (χ2v) is 7.97. The van der Waals surface area contributed by atoms with Gasteiger partial charge in [0.15, 0.2) is 0 Å². The van der Waals surface area contributed by atoms with Crippen LogP contribution in [-0.2, 0) is 18.1 Å². The lowest BCUT2D eigenvalue weighted by Crippen LogP contribution is -2.60. The van der Waals surface area contributed by atoms with Gasteiger partial charge in [0, 0.05) is 6.04 Å². The summed E-state index contributed by atoms with van der Waals surface area (Å²) in [5, 5.41) is 13.3. The summed E-state index contributed by atoms with van der Waals surface area (Å²) >= 11 is 0. The second kappa shape index (κ2) is 9.06. The summed E-state index contributed by atoms with van der Waals surface area (Å²) in [6.07, 6.45) is -2.79. The molecule has 0 unspecified atom stereocenters. The van der Waals surface area contributed by atoms with E-state index in [1.54, 1.807) is 24.3 Å². The number of hydrogen-bond acceptors (Lipinski definition) is 6. The number of ether oxygens (including phenoxy) is 1. The summed E-state index contributed by atoms with van der Waals surface area (Å²) in [5.74, 6) is -1.07. The molecule has 0 bridgehead atoms. The van der Waals surface area contributed by atoms with Crippen LogP contribution < -0.4 is 15.8 Å². The zero-order chi connectivity index (χ0) is 23.6. The first kappa shape index (κ1) is 23.1. The van der Waals surface area contributed by atoms with E-state index < -0.39 is 17.5 Å². The number of rotatable bonds is 6. The monoisotopic (exact) mass is 464 g/mol. The molecule has 1 saturated heterocycles. The zero-order valence-corrected chi connectivity index (χ0v) is 17.9. The van der Waals surface area contributed by atoms with Crippen LogP contribution in [0.5, 0.6) is 5.75 Å². The Morgan fingerprint density at radius 3 is 2.64 bits per heavy atom. The minimum absolute atomic E-state index is 0.143. The first-order chi connectivity index (χ1) is 15.7. The highest BCUT2D eigenvalue weighted by Crippen LogP contribution is 2.37. The van der Waals surface area contributed by atoms with Gasteiger partial charge < -0.3 is 15.8 Å². The molecule has 0 radical (unpaired) electrons. The molecule has 1 aromatic heterocycles. The van der Waals surface area contributed by atoms with E-state index in [0.29, 0.717) is 35.6 Å². The number of alkyl halides is 3. The van der Waals surface area contributed by atoms with Crippen molar-refractivity contribution in [1.29, 1.82) is 0 Å². The number of halogens is 4. The average Bonchev–Trinajstić information content (AvgIpc) is 3.28. The van der Waals surface area contributed by atoms with E-state index >= 15 is 0 Å². The Kier molecular flexibility index (Phi) is 6.35. The molecule has 1 aliphatic rings. The molecule has 33 heavy (non-hydrogen) atoms. The van der Waals surface area contributed by atoms with Gasteiger partial charge in [0.05, 0.1) is 17.8 Å². The van der Waals surface area contributed by atoms with Crippen molar-refractivity contribution in [2.45, 2.75) is 43.9 Å². The van der Waals surface area contributed by atoms with E-state index in [1.165, 1.54) is 18.2 Å². The number of tetrazole rings is 1. The fourth-order valence-electron chi connectivity index (χ4n) is 4.34. The number of nitrogens with two attached hydrogens (primary N) is 1. The Balaban J connectivity index is 1.81. The van der Waals surface area contributed by atoms with Crippen molar-refractivity contribution in [3.8, 4) is 11.4 Å². The van der Waals surface area contributed by atoms with Gasteiger partial charge in [0.25, 0.3) is 5.82 Å². The molecular weight excluding hydrogens is 440 g/mol. The van der Waals surface area contributed by atoms with Crippen LogP contribution in [0, 0.1) is 5.82 Å². The number of benzene rings is 2. The first-order valence-electron chi connectivity index (χ1n) is 10.6. The second-order valence-electron chi connectivity index (χ2n) is 7.97. The average molecular weight is 464 g/mol. The fourth-order valence-corrected chi connectivity index (χ4v) is 4.34. The molecule has 3 aromatic rings. The molecule has 2 aromatic carbocycles.